The summed E-state index contributed by atoms with van der Waals surface area (Å²) in [7, 11) is 3.34. The molecule has 8 heterocycles. The lowest BCUT2D eigenvalue weighted by molar-refractivity contribution is 0.0328. The minimum atomic E-state index is 0.141. The summed E-state index contributed by atoms with van der Waals surface area (Å²) in [4.78, 5) is 39.8. The molecule has 4 aromatic heterocycles. The van der Waals surface area contributed by atoms with Gasteiger partial charge < -0.3 is 57.5 Å². The van der Waals surface area contributed by atoms with Gasteiger partial charge in [0, 0.05) is 48.4 Å². The van der Waals surface area contributed by atoms with Crippen molar-refractivity contribution in [1.82, 2.24) is 29.9 Å². The number of morpholine rings is 4. The second-order valence-corrected chi connectivity index (χ2v) is 18.5. The van der Waals surface area contributed by atoms with Crippen molar-refractivity contribution < 1.29 is 37.9 Å². The molecule has 2 aromatic carbocycles. The molecule has 0 saturated carbocycles. The van der Waals surface area contributed by atoms with Crippen molar-refractivity contribution in [1.29, 1.82) is 0 Å². The first kappa shape index (κ1) is 47.6. The largest absolute Gasteiger partial charge is 0.496 e. The van der Waals surface area contributed by atoms with E-state index >= 15 is 0 Å². The fourth-order valence-electron chi connectivity index (χ4n) is 9.70. The lowest BCUT2D eigenvalue weighted by Crippen LogP contribution is -2.46. The number of ether oxygens (including phenoxy) is 8. The number of pyridine rings is 2. The van der Waals surface area contributed by atoms with Gasteiger partial charge in [-0.15, -0.1) is 0 Å². The van der Waals surface area contributed by atoms with Gasteiger partial charge in [-0.3, -0.25) is 0 Å². The van der Waals surface area contributed by atoms with Gasteiger partial charge in [0.15, 0.2) is 11.3 Å². The summed E-state index contributed by atoms with van der Waals surface area (Å²) < 4.78 is 47.0. The molecule has 18 heteroatoms. The standard InChI is InChI=1S/C52H64N10O8/c1-33-27-65-19-15-59(33)49-41-9-11-43(53-47(41)55-51(57-49)61-17-21-67-29-35(61)3)37-7-13-45(63-5)39(25-37)31-69-23-24-70-32-40-26-38(8-14-46(40)64-6)44-12-10-42-48(54-44)56-52(62-18-22-68-30-36(62)4)58-50(42)60-16-20-66-28-34(60)2/h7-14,25-26,33-36H,15-24,27-32H2,1-6H3/t33-,34-,35-,36-/m1/s1. The zero-order valence-electron chi connectivity index (χ0n) is 41.1. The molecule has 0 unspecified atom stereocenters. The zero-order chi connectivity index (χ0) is 48.1. The van der Waals surface area contributed by atoms with Crippen LogP contribution in [0.4, 0.5) is 23.5 Å². The van der Waals surface area contributed by atoms with Gasteiger partial charge in [-0.1, -0.05) is 0 Å². The predicted molar refractivity (Wildman–Crippen MR) is 268 cm³/mol. The van der Waals surface area contributed by atoms with Crippen LogP contribution in [0.15, 0.2) is 60.7 Å². The quantitative estimate of drug-likeness (QED) is 0.105. The van der Waals surface area contributed by atoms with Crippen molar-refractivity contribution in [3.05, 3.63) is 71.8 Å². The van der Waals surface area contributed by atoms with Gasteiger partial charge in [0.05, 0.1) is 140 Å². The van der Waals surface area contributed by atoms with Crippen LogP contribution in [0.2, 0.25) is 0 Å². The first-order valence-electron chi connectivity index (χ1n) is 24.5. The number of hydrogen-bond acceptors (Lipinski definition) is 18. The summed E-state index contributed by atoms with van der Waals surface area (Å²) in [5.41, 5.74) is 6.54. The molecule has 4 saturated heterocycles. The Morgan fingerprint density at radius 2 is 0.857 bits per heavy atom. The van der Waals surface area contributed by atoms with Gasteiger partial charge in [-0.2, -0.15) is 19.9 Å². The Kier molecular flexibility index (Phi) is 14.7. The maximum absolute atomic E-state index is 6.21. The molecule has 0 aliphatic carbocycles. The Morgan fingerprint density at radius 1 is 0.471 bits per heavy atom. The molecule has 0 amide bonds. The smallest absolute Gasteiger partial charge is 0.229 e. The normalized spacial score (nSPS) is 21.2. The maximum Gasteiger partial charge on any atom is 0.229 e. The van der Waals surface area contributed by atoms with Gasteiger partial charge in [0.1, 0.15) is 23.1 Å². The van der Waals surface area contributed by atoms with Gasteiger partial charge in [0.2, 0.25) is 11.9 Å². The second-order valence-electron chi connectivity index (χ2n) is 18.5. The summed E-state index contributed by atoms with van der Waals surface area (Å²) in [6, 6.07) is 21.0. The Bertz CT molecular complexity index is 2600. The van der Waals surface area contributed by atoms with E-state index in [2.05, 4.69) is 71.6 Å². The van der Waals surface area contributed by atoms with E-state index in [1.807, 2.05) is 36.4 Å². The van der Waals surface area contributed by atoms with Crippen molar-refractivity contribution in [2.75, 3.05) is 126 Å². The Hall–Kier alpha value is -6.02. The average Bonchev–Trinajstić information content (AvgIpc) is 3.39. The maximum atomic E-state index is 6.21. The van der Waals surface area contributed by atoms with Crippen LogP contribution in [-0.4, -0.2) is 161 Å². The average molecular weight is 957 g/mol. The third-order valence-corrected chi connectivity index (χ3v) is 13.6. The van der Waals surface area contributed by atoms with E-state index in [9.17, 15) is 0 Å². The van der Waals surface area contributed by atoms with Crippen LogP contribution in [0.1, 0.15) is 38.8 Å². The van der Waals surface area contributed by atoms with Gasteiger partial charge in [0.25, 0.3) is 0 Å². The van der Waals surface area contributed by atoms with Gasteiger partial charge in [-0.05, 0) is 88.4 Å². The second kappa shape index (κ2) is 21.5. The summed E-state index contributed by atoms with van der Waals surface area (Å²) in [5, 5.41) is 1.81. The van der Waals surface area contributed by atoms with E-state index in [0.29, 0.717) is 116 Å². The predicted octanol–water partition coefficient (Wildman–Crippen LogP) is 6.35. The molecule has 0 radical (unpaired) electrons. The Labute approximate surface area is 409 Å². The number of benzene rings is 2. The molecule has 370 valence electrons. The summed E-state index contributed by atoms with van der Waals surface area (Å²) in [6.07, 6.45) is 0. The summed E-state index contributed by atoms with van der Waals surface area (Å²) in [5.74, 6) is 4.55. The van der Waals surface area contributed by atoms with Crippen LogP contribution in [0.3, 0.4) is 0 Å². The third-order valence-electron chi connectivity index (χ3n) is 13.6. The van der Waals surface area contributed by atoms with Gasteiger partial charge >= 0.3 is 0 Å². The molecular weight excluding hydrogens is 893 g/mol. The third kappa shape index (κ3) is 10.1. The van der Waals surface area contributed by atoms with E-state index < -0.39 is 0 Å². The van der Waals surface area contributed by atoms with Crippen LogP contribution in [0.5, 0.6) is 11.5 Å². The number of anilines is 4. The van der Waals surface area contributed by atoms with E-state index in [1.54, 1.807) is 14.2 Å². The van der Waals surface area contributed by atoms with E-state index in [-0.39, 0.29) is 24.2 Å². The molecule has 10 rings (SSSR count). The van der Waals surface area contributed by atoms with Crippen molar-refractivity contribution in [2.45, 2.75) is 65.1 Å². The van der Waals surface area contributed by atoms with E-state index in [1.165, 1.54) is 0 Å². The van der Waals surface area contributed by atoms with Crippen LogP contribution in [0.25, 0.3) is 44.6 Å². The van der Waals surface area contributed by atoms with Crippen molar-refractivity contribution >= 4 is 45.6 Å². The summed E-state index contributed by atoms with van der Waals surface area (Å²) >= 11 is 0. The zero-order valence-corrected chi connectivity index (χ0v) is 41.1. The number of fused-ring (bicyclic) bond motifs is 2. The number of methoxy groups -OCH3 is 2. The molecule has 4 aliphatic rings. The minimum Gasteiger partial charge on any atom is -0.496 e. The highest BCUT2D eigenvalue weighted by molar-refractivity contribution is 5.91. The molecule has 0 bridgehead atoms. The fraction of sp³-hybridized carbons (Fsp3) is 0.500. The highest BCUT2D eigenvalue weighted by Crippen LogP contribution is 2.35. The molecule has 0 N–H and O–H groups in total. The van der Waals surface area contributed by atoms with Crippen LogP contribution < -0.4 is 29.1 Å². The summed E-state index contributed by atoms with van der Waals surface area (Å²) in [6.45, 7) is 18.0. The van der Waals surface area contributed by atoms with E-state index in [0.717, 1.165) is 80.6 Å². The van der Waals surface area contributed by atoms with Crippen LogP contribution in [-0.2, 0) is 41.6 Å². The molecular formula is C52H64N10O8. The molecule has 0 spiro atoms. The van der Waals surface area contributed by atoms with Crippen LogP contribution >= 0.6 is 0 Å². The van der Waals surface area contributed by atoms with Crippen LogP contribution in [0, 0.1) is 0 Å². The Morgan fingerprint density at radius 3 is 1.23 bits per heavy atom. The molecule has 6 aromatic rings. The highest BCUT2D eigenvalue weighted by Gasteiger charge is 2.30. The Balaban J connectivity index is 0.825. The van der Waals surface area contributed by atoms with E-state index in [4.69, 9.17) is 67.8 Å². The highest BCUT2D eigenvalue weighted by atomic mass is 16.5. The molecule has 4 atom stereocenters. The molecule has 4 aliphatic heterocycles. The molecule has 70 heavy (non-hydrogen) atoms. The first-order chi connectivity index (χ1) is 34.3. The lowest BCUT2D eigenvalue weighted by Gasteiger charge is -2.37. The fourth-order valence-corrected chi connectivity index (χ4v) is 9.70. The topological polar surface area (TPSA) is 164 Å². The number of aromatic nitrogens is 6. The number of rotatable bonds is 15. The first-order valence-corrected chi connectivity index (χ1v) is 24.5. The monoisotopic (exact) mass is 956 g/mol. The number of nitrogens with zero attached hydrogens (tertiary/aromatic N) is 10. The minimum absolute atomic E-state index is 0.141. The van der Waals surface area contributed by atoms with Gasteiger partial charge in [-0.25, -0.2) is 9.97 Å². The van der Waals surface area contributed by atoms with Crippen molar-refractivity contribution in [3.63, 3.8) is 0 Å². The lowest BCUT2D eigenvalue weighted by atomic mass is 10.1. The molecule has 18 nitrogen and oxygen atoms in total. The molecule has 4 fully saturated rings. The number of hydrogen-bond donors (Lipinski definition) is 0. The van der Waals surface area contributed by atoms with Crippen molar-refractivity contribution in [2.24, 2.45) is 0 Å². The van der Waals surface area contributed by atoms with Crippen molar-refractivity contribution in [3.8, 4) is 34.0 Å². The SMILES string of the molecule is COc1ccc(-c2ccc3c(N4CCOC[C@H]4C)nc(N4CCOC[C@H]4C)nc3n2)cc1COCCOCc1cc(-c2ccc3c(N4CCOC[C@H]4C)nc(N4CCOC[C@H]4C)nc3n2)ccc1OC.